The normalized spacial score (nSPS) is 14.1. The maximum absolute atomic E-state index is 13.2. The molecule has 1 saturated carbocycles. The number of aryl methyl sites for hydroxylation is 2. The molecule has 0 N–H and O–H groups in total. The molecule has 3 aromatic rings. The molecule has 8 heteroatoms. The molecule has 0 atom stereocenters. The molecule has 31 heavy (non-hydrogen) atoms. The second-order valence-electron chi connectivity index (χ2n) is 8.87. The minimum Gasteiger partial charge on any atom is -0.462 e. The second-order valence-corrected chi connectivity index (χ2v) is 8.87. The monoisotopic (exact) mass is 425 g/mol. The lowest BCUT2D eigenvalue weighted by Gasteiger charge is -2.20. The minimum absolute atomic E-state index is 0.164. The molecule has 0 amide bonds. The highest BCUT2D eigenvalue weighted by Crippen LogP contribution is 2.42. The van der Waals surface area contributed by atoms with Crippen molar-refractivity contribution in [2.24, 2.45) is 0 Å². The van der Waals surface area contributed by atoms with Gasteiger partial charge in [0.05, 0.1) is 23.4 Å². The van der Waals surface area contributed by atoms with Crippen LogP contribution in [0.3, 0.4) is 0 Å². The summed E-state index contributed by atoms with van der Waals surface area (Å²) in [6.07, 6.45) is 1.37. The zero-order chi connectivity index (χ0) is 22.5. The number of hydrogen-bond acceptors (Lipinski definition) is 7. The highest BCUT2D eigenvalue weighted by atomic mass is 16.6. The molecule has 0 unspecified atom stereocenters. The lowest BCUT2D eigenvalue weighted by Crippen LogP contribution is -2.28. The quantitative estimate of drug-likeness (QED) is 0.534. The molecule has 164 valence electrons. The Kier molecular flexibility index (Phi) is 5.11. The van der Waals surface area contributed by atoms with E-state index in [1.54, 1.807) is 13.0 Å². The number of imidazole rings is 1. The molecular weight excluding hydrogens is 398 g/mol. The second kappa shape index (κ2) is 7.51. The van der Waals surface area contributed by atoms with Gasteiger partial charge in [-0.05, 0) is 72.1 Å². The van der Waals surface area contributed by atoms with Crippen molar-refractivity contribution in [2.45, 2.75) is 65.9 Å². The van der Waals surface area contributed by atoms with E-state index < -0.39 is 17.7 Å². The van der Waals surface area contributed by atoms with Crippen LogP contribution < -0.4 is 0 Å². The number of benzene rings is 1. The van der Waals surface area contributed by atoms with Crippen molar-refractivity contribution in [1.29, 1.82) is 0 Å². The van der Waals surface area contributed by atoms with Crippen LogP contribution in [-0.2, 0) is 9.47 Å². The Bertz CT molecular complexity index is 1160. The standard InChI is InChI=1S/C23H27N3O5/c1-7-29-21(27)16-10-15(18-12(2)25-31-13(18)3)11-17-19(16)24-20(14-8-9-14)26(17)22(28)30-23(4,5)6/h10-11,14H,7-9H2,1-6H3. The molecule has 1 aliphatic carbocycles. The van der Waals surface area contributed by atoms with Crippen molar-refractivity contribution in [3.05, 3.63) is 35.0 Å². The van der Waals surface area contributed by atoms with E-state index in [0.717, 1.165) is 18.4 Å². The topological polar surface area (TPSA) is 96.5 Å². The van der Waals surface area contributed by atoms with Crippen molar-refractivity contribution < 1.29 is 23.6 Å². The van der Waals surface area contributed by atoms with Gasteiger partial charge in [0, 0.05) is 11.5 Å². The number of fused-ring (bicyclic) bond motifs is 1. The fourth-order valence-electron chi connectivity index (χ4n) is 3.71. The van der Waals surface area contributed by atoms with Gasteiger partial charge in [0.15, 0.2) is 0 Å². The minimum atomic E-state index is -0.669. The Balaban J connectivity index is 2.01. The molecule has 0 aliphatic heterocycles. The predicted molar refractivity (Wildman–Crippen MR) is 114 cm³/mol. The summed E-state index contributed by atoms with van der Waals surface area (Å²) in [6, 6.07) is 3.57. The van der Waals surface area contributed by atoms with Crippen LogP contribution in [0.4, 0.5) is 4.79 Å². The number of ether oxygens (including phenoxy) is 2. The molecular formula is C23H27N3O5. The van der Waals surface area contributed by atoms with E-state index in [4.69, 9.17) is 19.0 Å². The lowest BCUT2D eigenvalue weighted by atomic mass is 10.0. The van der Waals surface area contributed by atoms with E-state index in [9.17, 15) is 9.59 Å². The Labute approximate surface area is 180 Å². The van der Waals surface area contributed by atoms with Gasteiger partial charge in [0.1, 0.15) is 22.7 Å². The fourth-order valence-corrected chi connectivity index (χ4v) is 3.71. The van der Waals surface area contributed by atoms with Gasteiger partial charge in [-0.25, -0.2) is 19.1 Å². The summed E-state index contributed by atoms with van der Waals surface area (Å²) in [4.78, 5) is 30.7. The third kappa shape index (κ3) is 3.94. The molecule has 0 bridgehead atoms. The summed E-state index contributed by atoms with van der Waals surface area (Å²) >= 11 is 0. The molecule has 8 nitrogen and oxygen atoms in total. The number of hydrogen-bond donors (Lipinski definition) is 0. The van der Waals surface area contributed by atoms with Crippen molar-refractivity contribution in [3.8, 4) is 11.1 Å². The summed E-state index contributed by atoms with van der Waals surface area (Å²) in [6.45, 7) is 11.1. The van der Waals surface area contributed by atoms with E-state index in [2.05, 4.69) is 5.16 Å². The van der Waals surface area contributed by atoms with E-state index in [0.29, 0.717) is 39.4 Å². The summed E-state index contributed by atoms with van der Waals surface area (Å²) in [5.74, 6) is 0.915. The van der Waals surface area contributed by atoms with Gasteiger partial charge in [-0.3, -0.25) is 0 Å². The van der Waals surface area contributed by atoms with Gasteiger partial charge in [-0.1, -0.05) is 5.16 Å². The number of aromatic nitrogens is 3. The fraction of sp³-hybridized carbons (Fsp3) is 0.478. The molecule has 0 spiro atoms. The Morgan fingerprint density at radius 3 is 2.48 bits per heavy atom. The molecule has 4 rings (SSSR count). The molecule has 1 aliphatic rings. The largest absolute Gasteiger partial charge is 0.462 e. The summed E-state index contributed by atoms with van der Waals surface area (Å²) in [5, 5.41) is 4.03. The van der Waals surface area contributed by atoms with Gasteiger partial charge in [0.2, 0.25) is 0 Å². The van der Waals surface area contributed by atoms with E-state index in [1.807, 2.05) is 40.7 Å². The van der Waals surface area contributed by atoms with Gasteiger partial charge in [-0.15, -0.1) is 0 Å². The van der Waals surface area contributed by atoms with Crippen LogP contribution in [0.15, 0.2) is 16.7 Å². The molecule has 1 fully saturated rings. The highest BCUT2D eigenvalue weighted by Gasteiger charge is 2.35. The summed E-state index contributed by atoms with van der Waals surface area (Å²) in [5.41, 5.74) is 2.75. The van der Waals surface area contributed by atoms with E-state index >= 15 is 0 Å². The van der Waals surface area contributed by atoms with Gasteiger partial charge >= 0.3 is 12.1 Å². The predicted octanol–water partition coefficient (Wildman–Crippen LogP) is 5.15. The van der Waals surface area contributed by atoms with Crippen molar-refractivity contribution >= 4 is 23.1 Å². The number of esters is 1. The highest BCUT2D eigenvalue weighted by molar-refractivity contribution is 6.06. The number of nitrogens with zero attached hydrogens (tertiary/aromatic N) is 3. The van der Waals surface area contributed by atoms with Crippen LogP contribution in [0.25, 0.3) is 22.2 Å². The molecule has 2 aromatic heterocycles. The van der Waals surface area contributed by atoms with Gasteiger partial charge < -0.3 is 14.0 Å². The number of carbonyl (C=O) groups is 2. The van der Waals surface area contributed by atoms with Crippen LogP contribution in [0, 0.1) is 13.8 Å². The van der Waals surface area contributed by atoms with Crippen LogP contribution in [0.1, 0.15) is 74.1 Å². The first-order valence-corrected chi connectivity index (χ1v) is 10.5. The number of carbonyl (C=O) groups excluding carboxylic acids is 2. The molecule has 2 heterocycles. The number of rotatable bonds is 4. The zero-order valence-corrected chi connectivity index (χ0v) is 18.7. The van der Waals surface area contributed by atoms with Crippen LogP contribution >= 0.6 is 0 Å². The third-order valence-electron chi connectivity index (χ3n) is 5.12. The van der Waals surface area contributed by atoms with Crippen LogP contribution in [0.5, 0.6) is 0 Å². The van der Waals surface area contributed by atoms with Crippen molar-refractivity contribution in [1.82, 2.24) is 14.7 Å². The summed E-state index contributed by atoms with van der Waals surface area (Å²) < 4.78 is 17.8. The maximum atomic E-state index is 13.2. The average molecular weight is 425 g/mol. The first kappa shape index (κ1) is 21.1. The molecule has 1 aromatic carbocycles. The zero-order valence-electron chi connectivity index (χ0n) is 18.7. The van der Waals surface area contributed by atoms with Crippen LogP contribution in [0.2, 0.25) is 0 Å². The molecule has 0 radical (unpaired) electrons. The Hall–Kier alpha value is -3.16. The smallest absolute Gasteiger partial charge is 0.420 e. The first-order valence-electron chi connectivity index (χ1n) is 10.5. The Morgan fingerprint density at radius 1 is 1.23 bits per heavy atom. The molecule has 0 saturated heterocycles. The SMILES string of the molecule is CCOC(=O)c1cc(-c2c(C)noc2C)cc2c1nc(C1CC1)n2C(=O)OC(C)(C)C. The van der Waals surface area contributed by atoms with E-state index in [-0.39, 0.29) is 12.5 Å². The first-order chi connectivity index (χ1) is 14.6. The van der Waals surface area contributed by atoms with Crippen LogP contribution in [-0.4, -0.2) is 39.0 Å². The van der Waals surface area contributed by atoms with Gasteiger partial charge in [0.25, 0.3) is 0 Å². The average Bonchev–Trinajstić information content (AvgIpc) is 3.36. The maximum Gasteiger partial charge on any atom is 0.420 e. The van der Waals surface area contributed by atoms with E-state index in [1.165, 1.54) is 4.57 Å². The van der Waals surface area contributed by atoms with Crippen molar-refractivity contribution in [3.63, 3.8) is 0 Å². The van der Waals surface area contributed by atoms with Gasteiger partial charge in [-0.2, -0.15) is 0 Å². The summed E-state index contributed by atoms with van der Waals surface area (Å²) in [7, 11) is 0. The third-order valence-corrected chi connectivity index (χ3v) is 5.12. The van der Waals surface area contributed by atoms with Crippen molar-refractivity contribution in [2.75, 3.05) is 6.61 Å². The lowest BCUT2D eigenvalue weighted by molar-refractivity contribution is 0.0520. The Morgan fingerprint density at radius 2 is 1.94 bits per heavy atom.